The Morgan fingerprint density at radius 2 is 1.71 bits per heavy atom. The van der Waals surface area contributed by atoms with Gasteiger partial charge in [-0.1, -0.05) is 73.7 Å². The maximum Gasteiger partial charge on any atom is 0.278 e. The number of nitrogens with one attached hydrogen (secondary N) is 1. The van der Waals surface area contributed by atoms with Crippen LogP contribution in [-0.2, 0) is 6.54 Å². The van der Waals surface area contributed by atoms with Crippen LogP contribution in [0.2, 0.25) is 0 Å². The normalized spacial score (nSPS) is 11.6. The minimum atomic E-state index is -0.378. The van der Waals surface area contributed by atoms with Gasteiger partial charge in [0.05, 0.1) is 15.6 Å². The van der Waals surface area contributed by atoms with Crippen molar-refractivity contribution >= 4 is 54.1 Å². The summed E-state index contributed by atoms with van der Waals surface area (Å²) in [6.07, 6.45) is 0. The number of rotatable bonds is 4. The fourth-order valence-electron chi connectivity index (χ4n) is 3.74. The van der Waals surface area contributed by atoms with E-state index in [9.17, 15) is 9.59 Å². The van der Waals surface area contributed by atoms with Gasteiger partial charge in [-0.15, -0.1) is 0 Å². The van der Waals surface area contributed by atoms with Crippen molar-refractivity contribution in [2.24, 2.45) is 5.92 Å². The Bertz CT molecular complexity index is 1520. The van der Waals surface area contributed by atoms with Gasteiger partial charge in [-0.05, 0) is 23.4 Å². The first kappa shape index (κ1) is 19.4. The first-order chi connectivity index (χ1) is 15.0. The van der Waals surface area contributed by atoms with E-state index in [-0.39, 0.29) is 23.1 Å². The third kappa shape index (κ3) is 3.47. The molecular formula is C24H20N4O2S. The van der Waals surface area contributed by atoms with Crippen LogP contribution >= 0.6 is 11.3 Å². The summed E-state index contributed by atoms with van der Waals surface area (Å²) in [7, 11) is 0. The smallest absolute Gasteiger partial charge is 0.278 e. The van der Waals surface area contributed by atoms with Gasteiger partial charge < -0.3 is 0 Å². The molecule has 2 heterocycles. The van der Waals surface area contributed by atoms with E-state index in [2.05, 4.69) is 21.5 Å². The Kier molecular flexibility index (Phi) is 4.75. The summed E-state index contributed by atoms with van der Waals surface area (Å²) in [5.74, 6) is -0.156. The van der Waals surface area contributed by atoms with Crippen LogP contribution in [-0.4, -0.2) is 20.7 Å². The fourth-order valence-corrected chi connectivity index (χ4v) is 4.62. The van der Waals surface area contributed by atoms with Crippen molar-refractivity contribution in [2.75, 3.05) is 5.32 Å². The van der Waals surface area contributed by atoms with Gasteiger partial charge in [0.25, 0.3) is 11.5 Å². The summed E-state index contributed by atoms with van der Waals surface area (Å²) >= 11 is 1.42. The van der Waals surface area contributed by atoms with Gasteiger partial charge in [0.1, 0.15) is 0 Å². The minimum absolute atomic E-state index is 0.188. The highest BCUT2D eigenvalue weighted by molar-refractivity contribution is 7.22. The number of fused-ring (bicyclic) bond motifs is 4. The predicted octanol–water partition coefficient (Wildman–Crippen LogP) is 5.07. The van der Waals surface area contributed by atoms with E-state index < -0.39 is 0 Å². The Hall–Kier alpha value is -3.58. The maximum absolute atomic E-state index is 13.2. The summed E-state index contributed by atoms with van der Waals surface area (Å²) in [5, 5.41) is 11.0. The Balaban J connectivity index is 1.58. The lowest BCUT2D eigenvalue weighted by atomic mass is 10.1. The third-order valence-corrected chi connectivity index (χ3v) is 6.06. The first-order valence-corrected chi connectivity index (χ1v) is 10.9. The van der Waals surface area contributed by atoms with Crippen molar-refractivity contribution in [2.45, 2.75) is 20.4 Å². The van der Waals surface area contributed by atoms with Gasteiger partial charge in [-0.2, -0.15) is 5.10 Å². The molecule has 0 unspecified atom stereocenters. The van der Waals surface area contributed by atoms with Crippen LogP contribution in [0.4, 0.5) is 5.13 Å². The molecule has 0 saturated carbocycles. The van der Waals surface area contributed by atoms with E-state index in [0.717, 1.165) is 21.0 Å². The summed E-state index contributed by atoms with van der Waals surface area (Å²) in [6, 6.07) is 19.2. The summed E-state index contributed by atoms with van der Waals surface area (Å²) in [6.45, 7) is 4.46. The zero-order chi connectivity index (χ0) is 21.5. The van der Waals surface area contributed by atoms with Crippen molar-refractivity contribution in [3.8, 4) is 0 Å². The molecule has 1 N–H and O–H groups in total. The molecule has 0 aliphatic carbocycles. The molecule has 31 heavy (non-hydrogen) atoms. The van der Waals surface area contributed by atoms with E-state index in [1.54, 1.807) is 24.3 Å². The van der Waals surface area contributed by atoms with Gasteiger partial charge in [0, 0.05) is 17.3 Å². The van der Waals surface area contributed by atoms with E-state index in [4.69, 9.17) is 0 Å². The molecule has 154 valence electrons. The molecule has 0 fully saturated rings. The second kappa shape index (κ2) is 7.59. The second-order valence-corrected chi connectivity index (χ2v) is 8.91. The molecule has 5 rings (SSSR count). The molecule has 3 aromatic carbocycles. The van der Waals surface area contributed by atoms with Crippen LogP contribution in [0.25, 0.3) is 31.8 Å². The lowest BCUT2D eigenvalue weighted by Crippen LogP contribution is -2.29. The topological polar surface area (TPSA) is 76.9 Å². The van der Waals surface area contributed by atoms with Crippen molar-refractivity contribution in [1.82, 2.24) is 14.8 Å². The number of hydrogen-bond acceptors (Lipinski definition) is 5. The minimum Gasteiger partial charge on any atom is -0.296 e. The molecule has 0 aliphatic rings. The van der Waals surface area contributed by atoms with Crippen LogP contribution in [0.15, 0.2) is 65.5 Å². The molecule has 0 saturated heterocycles. The average Bonchev–Trinajstić information content (AvgIpc) is 3.18. The zero-order valence-electron chi connectivity index (χ0n) is 17.1. The van der Waals surface area contributed by atoms with Crippen LogP contribution in [0.1, 0.15) is 24.3 Å². The maximum atomic E-state index is 13.2. The largest absolute Gasteiger partial charge is 0.296 e. The van der Waals surface area contributed by atoms with Gasteiger partial charge in [0.2, 0.25) is 0 Å². The summed E-state index contributed by atoms with van der Waals surface area (Å²) in [4.78, 5) is 30.7. The molecule has 1 amide bonds. The number of carbonyl (C=O) groups is 1. The van der Waals surface area contributed by atoms with Gasteiger partial charge in [0.15, 0.2) is 10.8 Å². The highest BCUT2D eigenvalue weighted by Gasteiger charge is 2.19. The Morgan fingerprint density at radius 1 is 1.00 bits per heavy atom. The molecule has 6 nitrogen and oxygen atoms in total. The van der Waals surface area contributed by atoms with Crippen LogP contribution in [0.5, 0.6) is 0 Å². The van der Waals surface area contributed by atoms with Gasteiger partial charge >= 0.3 is 0 Å². The van der Waals surface area contributed by atoms with E-state index >= 15 is 0 Å². The summed E-state index contributed by atoms with van der Waals surface area (Å²) in [5.41, 5.74) is 0.897. The molecule has 0 bridgehead atoms. The monoisotopic (exact) mass is 428 g/mol. The van der Waals surface area contributed by atoms with Gasteiger partial charge in [-0.25, -0.2) is 9.67 Å². The molecule has 0 aliphatic heterocycles. The number of hydrogen-bond donors (Lipinski definition) is 1. The highest BCUT2D eigenvalue weighted by Crippen LogP contribution is 2.32. The van der Waals surface area contributed by atoms with Crippen LogP contribution in [0, 0.1) is 5.92 Å². The van der Waals surface area contributed by atoms with E-state index in [0.29, 0.717) is 22.4 Å². The molecule has 0 radical (unpaired) electrons. The number of thiazole rings is 1. The number of benzene rings is 3. The van der Waals surface area contributed by atoms with Crippen molar-refractivity contribution in [3.05, 3.63) is 76.7 Å². The molecular weight excluding hydrogens is 408 g/mol. The molecule has 5 aromatic rings. The fraction of sp³-hybridized carbons (Fsp3) is 0.167. The van der Waals surface area contributed by atoms with Crippen LogP contribution < -0.4 is 10.9 Å². The number of anilines is 1. The molecule has 0 atom stereocenters. The number of carbonyl (C=O) groups excluding carboxylic acids is 1. The lowest BCUT2D eigenvalue weighted by Gasteiger charge is -2.12. The number of aromatic nitrogens is 3. The molecule has 0 spiro atoms. The van der Waals surface area contributed by atoms with E-state index in [1.165, 1.54) is 16.0 Å². The Labute approximate surface area is 182 Å². The quantitative estimate of drug-likeness (QED) is 0.434. The molecule has 7 heteroatoms. The van der Waals surface area contributed by atoms with E-state index in [1.807, 2.05) is 44.2 Å². The first-order valence-electron chi connectivity index (χ1n) is 10.1. The van der Waals surface area contributed by atoms with Crippen molar-refractivity contribution in [1.29, 1.82) is 0 Å². The SMILES string of the molecule is CC(C)Cn1nc(C(=O)Nc2nc3c(ccc4ccccc43)s2)c2ccccc2c1=O. The van der Waals surface area contributed by atoms with Crippen molar-refractivity contribution < 1.29 is 4.79 Å². The number of nitrogens with zero attached hydrogens (tertiary/aromatic N) is 3. The van der Waals surface area contributed by atoms with Gasteiger partial charge in [-0.3, -0.25) is 14.9 Å². The van der Waals surface area contributed by atoms with Crippen molar-refractivity contribution in [3.63, 3.8) is 0 Å². The number of amides is 1. The molecule has 2 aromatic heterocycles. The Morgan fingerprint density at radius 3 is 2.48 bits per heavy atom. The van der Waals surface area contributed by atoms with Crippen LogP contribution in [0.3, 0.4) is 0 Å². The lowest BCUT2D eigenvalue weighted by molar-refractivity contribution is 0.102. The zero-order valence-corrected chi connectivity index (χ0v) is 17.9. The standard InChI is InChI=1S/C24H20N4O2S/c1-14(2)13-28-23(30)18-10-6-5-9-17(18)21(27-28)22(29)26-24-25-20-16-8-4-3-7-15(16)11-12-19(20)31-24/h3-12,14H,13H2,1-2H3,(H,25,26,29). The second-order valence-electron chi connectivity index (χ2n) is 7.88. The third-order valence-electron chi connectivity index (χ3n) is 5.12. The predicted molar refractivity (Wildman–Crippen MR) is 126 cm³/mol. The summed E-state index contributed by atoms with van der Waals surface area (Å²) < 4.78 is 2.38. The average molecular weight is 429 g/mol. The highest BCUT2D eigenvalue weighted by atomic mass is 32.1.